The number of nitrogens with one attached hydrogen (secondary N) is 1. The molecule has 1 saturated heterocycles. The molecule has 4 amide bonds. The average Bonchev–Trinajstić information content (AvgIpc) is 2.53. The lowest BCUT2D eigenvalue weighted by atomic mass is 10.1. The summed E-state index contributed by atoms with van der Waals surface area (Å²) < 4.78 is 0. The van der Waals surface area contributed by atoms with Crippen LogP contribution in [0.1, 0.15) is 5.56 Å². The van der Waals surface area contributed by atoms with Crippen LogP contribution < -0.4 is 10.2 Å². The highest BCUT2D eigenvalue weighted by atomic mass is 35.5. The fraction of sp³-hybridized carbons (Fsp3) is 0. The van der Waals surface area contributed by atoms with E-state index in [9.17, 15) is 14.4 Å². The second-order valence-electron chi connectivity index (χ2n) is 5.07. The summed E-state index contributed by atoms with van der Waals surface area (Å²) in [4.78, 5) is 37.8. The molecule has 0 aliphatic carbocycles. The smallest absolute Gasteiger partial charge is 0.273 e. The molecule has 5 nitrogen and oxygen atoms in total. The third-order valence-corrected chi connectivity index (χ3v) is 4.35. The summed E-state index contributed by atoms with van der Waals surface area (Å²) in [6.07, 6.45) is 1.26. The van der Waals surface area contributed by atoms with Crippen molar-refractivity contribution in [3.8, 4) is 0 Å². The van der Waals surface area contributed by atoms with E-state index in [4.69, 9.17) is 34.8 Å². The van der Waals surface area contributed by atoms with Gasteiger partial charge in [0.05, 0.1) is 5.69 Å². The Kier molecular flexibility index (Phi) is 4.81. The number of barbiturate groups is 1. The molecular weight excluding hydrogens is 387 g/mol. The van der Waals surface area contributed by atoms with E-state index in [1.807, 2.05) is 0 Å². The number of hydrogen-bond acceptors (Lipinski definition) is 3. The molecule has 1 heterocycles. The van der Waals surface area contributed by atoms with E-state index in [1.54, 1.807) is 30.3 Å². The molecule has 2 aromatic rings. The first-order chi connectivity index (χ1) is 11.9. The van der Waals surface area contributed by atoms with Gasteiger partial charge in [0, 0.05) is 20.6 Å². The number of rotatable bonds is 2. The van der Waals surface area contributed by atoms with Crippen LogP contribution in [0.4, 0.5) is 10.5 Å². The molecule has 1 N–H and O–H groups in total. The molecule has 0 bridgehead atoms. The number of hydrogen-bond donors (Lipinski definition) is 1. The van der Waals surface area contributed by atoms with Crippen molar-refractivity contribution in [3.63, 3.8) is 0 Å². The zero-order chi connectivity index (χ0) is 18.1. The fourth-order valence-electron chi connectivity index (χ4n) is 2.30. The Morgan fingerprint density at radius 2 is 1.56 bits per heavy atom. The van der Waals surface area contributed by atoms with Crippen molar-refractivity contribution in [1.29, 1.82) is 0 Å². The molecular formula is C17H9Cl3N2O3. The highest BCUT2D eigenvalue weighted by molar-refractivity contribution is 6.41. The number of halogens is 3. The maximum Gasteiger partial charge on any atom is 0.335 e. The SMILES string of the molecule is O=C1NC(=O)N(c2cccc(Cl)c2)C(=O)/C1=C/c1c(Cl)cccc1Cl. The minimum Gasteiger partial charge on any atom is -0.273 e. The monoisotopic (exact) mass is 394 g/mol. The number of imide groups is 2. The molecule has 25 heavy (non-hydrogen) atoms. The Labute approximate surface area is 157 Å². The second kappa shape index (κ2) is 6.88. The van der Waals surface area contributed by atoms with Gasteiger partial charge in [-0.25, -0.2) is 9.69 Å². The van der Waals surface area contributed by atoms with Gasteiger partial charge in [0.25, 0.3) is 11.8 Å². The zero-order valence-electron chi connectivity index (χ0n) is 12.4. The lowest BCUT2D eigenvalue weighted by Gasteiger charge is -2.26. The lowest BCUT2D eigenvalue weighted by Crippen LogP contribution is -2.54. The highest BCUT2D eigenvalue weighted by Gasteiger charge is 2.37. The van der Waals surface area contributed by atoms with Crippen LogP contribution in [0.5, 0.6) is 0 Å². The van der Waals surface area contributed by atoms with Crippen molar-refractivity contribution in [2.24, 2.45) is 0 Å². The minimum absolute atomic E-state index is 0.235. The van der Waals surface area contributed by atoms with Crippen molar-refractivity contribution in [2.45, 2.75) is 0 Å². The fourth-order valence-corrected chi connectivity index (χ4v) is 2.99. The van der Waals surface area contributed by atoms with Crippen molar-refractivity contribution in [2.75, 3.05) is 4.90 Å². The predicted octanol–water partition coefficient (Wildman–Crippen LogP) is 4.31. The predicted molar refractivity (Wildman–Crippen MR) is 96.9 cm³/mol. The Morgan fingerprint density at radius 1 is 0.920 bits per heavy atom. The molecule has 0 atom stereocenters. The number of nitrogens with zero attached hydrogens (tertiary/aromatic N) is 1. The van der Waals surface area contributed by atoms with Crippen LogP contribution in [0, 0.1) is 0 Å². The maximum absolute atomic E-state index is 12.7. The molecule has 0 saturated carbocycles. The van der Waals surface area contributed by atoms with Gasteiger partial charge < -0.3 is 0 Å². The Balaban J connectivity index is 2.09. The van der Waals surface area contributed by atoms with Gasteiger partial charge in [0.1, 0.15) is 5.57 Å². The zero-order valence-corrected chi connectivity index (χ0v) is 14.7. The highest BCUT2D eigenvalue weighted by Crippen LogP contribution is 2.29. The normalized spacial score (nSPS) is 16.4. The van der Waals surface area contributed by atoms with Gasteiger partial charge >= 0.3 is 6.03 Å². The molecule has 2 aromatic carbocycles. The van der Waals surface area contributed by atoms with Gasteiger partial charge in [-0.1, -0.05) is 46.9 Å². The van der Waals surface area contributed by atoms with E-state index in [2.05, 4.69) is 5.32 Å². The van der Waals surface area contributed by atoms with Crippen LogP contribution >= 0.6 is 34.8 Å². The van der Waals surface area contributed by atoms with Crippen LogP contribution in [-0.4, -0.2) is 17.8 Å². The summed E-state index contributed by atoms with van der Waals surface area (Å²) in [5.41, 5.74) is 0.276. The number of carbonyl (C=O) groups is 3. The van der Waals surface area contributed by atoms with Crippen molar-refractivity contribution in [1.82, 2.24) is 5.32 Å². The van der Waals surface area contributed by atoms with E-state index < -0.39 is 17.8 Å². The first-order valence-corrected chi connectivity index (χ1v) is 8.13. The molecule has 3 rings (SSSR count). The van der Waals surface area contributed by atoms with Crippen LogP contribution in [0.2, 0.25) is 15.1 Å². The minimum atomic E-state index is -0.861. The summed E-state index contributed by atoms with van der Waals surface area (Å²) in [6.45, 7) is 0. The number of benzene rings is 2. The number of anilines is 1. The molecule has 0 unspecified atom stereocenters. The Morgan fingerprint density at radius 3 is 2.20 bits per heavy atom. The molecule has 8 heteroatoms. The average molecular weight is 396 g/mol. The molecule has 1 fully saturated rings. The molecule has 0 spiro atoms. The third-order valence-electron chi connectivity index (χ3n) is 3.46. The molecule has 0 aromatic heterocycles. The summed E-state index contributed by atoms with van der Waals surface area (Å²) in [6, 6.07) is 10.1. The van der Waals surface area contributed by atoms with Crippen molar-refractivity contribution < 1.29 is 14.4 Å². The van der Waals surface area contributed by atoms with E-state index in [0.717, 1.165) is 4.90 Å². The van der Waals surface area contributed by atoms with Crippen LogP contribution in [0.25, 0.3) is 6.08 Å². The third kappa shape index (κ3) is 3.39. The van der Waals surface area contributed by atoms with E-state index in [1.165, 1.54) is 18.2 Å². The number of urea groups is 1. The van der Waals surface area contributed by atoms with Gasteiger partial charge in [0.15, 0.2) is 0 Å². The maximum atomic E-state index is 12.7. The largest absolute Gasteiger partial charge is 0.335 e. The van der Waals surface area contributed by atoms with E-state index in [-0.39, 0.29) is 21.3 Å². The van der Waals surface area contributed by atoms with Gasteiger partial charge in [-0.15, -0.1) is 0 Å². The molecule has 1 aliphatic rings. The van der Waals surface area contributed by atoms with E-state index in [0.29, 0.717) is 10.6 Å². The molecule has 1 aliphatic heterocycles. The quantitative estimate of drug-likeness (QED) is 0.608. The van der Waals surface area contributed by atoms with Gasteiger partial charge in [-0.05, 0) is 36.4 Å². The first kappa shape index (κ1) is 17.5. The number of carbonyl (C=O) groups excluding carboxylic acids is 3. The van der Waals surface area contributed by atoms with Gasteiger partial charge in [0.2, 0.25) is 0 Å². The first-order valence-electron chi connectivity index (χ1n) is 6.99. The van der Waals surface area contributed by atoms with Crippen LogP contribution in [0.15, 0.2) is 48.0 Å². The van der Waals surface area contributed by atoms with E-state index >= 15 is 0 Å². The summed E-state index contributed by atoms with van der Waals surface area (Å²) in [5.74, 6) is -1.63. The summed E-state index contributed by atoms with van der Waals surface area (Å²) in [5, 5.41) is 3.00. The standard InChI is InChI=1S/C17H9Cl3N2O3/c18-9-3-1-4-10(7-9)22-16(24)12(15(23)21-17(22)25)8-11-13(19)5-2-6-14(11)20/h1-8H,(H,21,23,25)/b12-8+. The summed E-state index contributed by atoms with van der Waals surface area (Å²) in [7, 11) is 0. The molecule has 126 valence electrons. The topological polar surface area (TPSA) is 66.5 Å². The van der Waals surface area contributed by atoms with Crippen molar-refractivity contribution >= 4 is 64.4 Å². The van der Waals surface area contributed by atoms with Gasteiger partial charge in [-0.2, -0.15) is 0 Å². The van der Waals surface area contributed by atoms with Crippen LogP contribution in [0.3, 0.4) is 0 Å². The second-order valence-corrected chi connectivity index (χ2v) is 6.32. The number of amides is 4. The Bertz CT molecular complexity index is 920. The van der Waals surface area contributed by atoms with Crippen LogP contribution in [-0.2, 0) is 9.59 Å². The van der Waals surface area contributed by atoms with Gasteiger partial charge in [-0.3, -0.25) is 14.9 Å². The lowest BCUT2D eigenvalue weighted by molar-refractivity contribution is -0.122. The van der Waals surface area contributed by atoms with Crippen molar-refractivity contribution in [3.05, 3.63) is 68.7 Å². The Hall–Kier alpha value is -2.34. The molecule has 0 radical (unpaired) electrons. The summed E-state index contributed by atoms with van der Waals surface area (Å²) >= 11 is 18.1.